The Balaban J connectivity index is 0.000000174. The lowest BCUT2D eigenvalue weighted by Gasteiger charge is -2.29. The summed E-state index contributed by atoms with van der Waals surface area (Å²) in [6, 6.07) is 38.5. The van der Waals surface area contributed by atoms with Crippen molar-refractivity contribution >= 4 is 5.97 Å². The van der Waals surface area contributed by atoms with E-state index < -0.39 is 5.97 Å². The fraction of sp³-hybridized carbons (Fsp3) is 0.417. The Hall–Kier alpha value is -7.97. The Morgan fingerprint density at radius 1 is 0.380 bits per heavy atom. The van der Waals surface area contributed by atoms with Gasteiger partial charge in [0.15, 0.2) is 23.0 Å². The predicted octanol–water partition coefficient (Wildman–Crippen LogP) is 20.6. The predicted molar refractivity (Wildman–Crippen MR) is 382 cm³/mol. The molecule has 0 aromatic heterocycles. The number of carboxylic acid groups (broad SMARTS) is 1. The Morgan fingerprint density at radius 3 is 1.11 bits per heavy atom. The van der Waals surface area contributed by atoms with Gasteiger partial charge in [-0.2, -0.15) is 0 Å². The van der Waals surface area contributed by atoms with E-state index in [1.807, 2.05) is 26.0 Å². The molecule has 8 heteroatoms. The lowest BCUT2D eigenvalue weighted by atomic mass is 9.76. The first kappa shape index (κ1) is 71.5. The number of hydrogen-bond acceptors (Lipinski definition) is 7. The number of hydrogen-bond donors (Lipinski definition) is 1. The van der Waals surface area contributed by atoms with Crippen LogP contribution >= 0.6 is 0 Å². The van der Waals surface area contributed by atoms with Gasteiger partial charge in [0.05, 0.1) is 19.8 Å². The van der Waals surface area contributed by atoms with Crippen LogP contribution in [-0.4, -0.2) is 38.9 Å². The molecule has 0 saturated carbocycles. The van der Waals surface area contributed by atoms with E-state index in [-0.39, 0.29) is 21.7 Å². The van der Waals surface area contributed by atoms with Crippen molar-refractivity contribution < 1.29 is 38.3 Å². The summed E-state index contributed by atoms with van der Waals surface area (Å²) in [4.78, 5) is 11.2. The molecule has 2 aliphatic heterocycles. The van der Waals surface area contributed by atoms with E-state index in [4.69, 9.17) is 28.4 Å². The molecule has 0 saturated heterocycles. The number of benzene rings is 8. The average Bonchev–Trinajstić information content (AvgIpc) is 1.44. The summed E-state index contributed by atoms with van der Waals surface area (Å²) in [7, 11) is 3.39. The number of carbonyl (C=O) groups is 1. The molecule has 0 atom stereocenters. The number of ether oxygens (including phenoxy) is 6. The van der Waals surface area contributed by atoms with Gasteiger partial charge in [0.2, 0.25) is 13.6 Å². The highest BCUT2D eigenvalue weighted by Gasteiger charge is 2.32. The summed E-state index contributed by atoms with van der Waals surface area (Å²) < 4.78 is 33.2. The molecular weight excluding hydrogens is 1140 g/mol. The Morgan fingerprint density at radius 2 is 0.717 bits per heavy atom. The molecule has 0 radical (unpaired) electrons. The molecule has 0 fully saturated rings. The van der Waals surface area contributed by atoms with E-state index in [0.29, 0.717) is 19.1 Å². The third-order valence-electron chi connectivity index (χ3n) is 19.3. The summed E-state index contributed by atoms with van der Waals surface area (Å²) in [5.74, 6) is 4.36. The van der Waals surface area contributed by atoms with Crippen molar-refractivity contribution in [1.82, 2.24) is 0 Å². The molecule has 0 spiro atoms. The fourth-order valence-corrected chi connectivity index (χ4v) is 13.7. The second kappa shape index (κ2) is 28.9. The normalized spacial score (nSPS) is 12.5. The molecule has 8 aromatic rings. The lowest BCUT2D eigenvalue weighted by Crippen LogP contribution is -2.22. The van der Waals surface area contributed by atoms with Crippen molar-refractivity contribution in [3.8, 4) is 34.5 Å². The third kappa shape index (κ3) is 17.0. The maximum atomic E-state index is 11.2. The molecule has 10 rings (SSSR count). The van der Waals surface area contributed by atoms with Crippen LogP contribution in [0, 0.1) is 104 Å². The minimum atomic E-state index is -0.864. The molecule has 490 valence electrons. The van der Waals surface area contributed by atoms with Crippen molar-refractivity contribution in [2.75, 3.05) is 27.8 Å². The van der Waals surface area contributed by atoms with Gasteiger partial charge in [-0.25, -0.2) is 4.79 Å². The van der Waals surface area contributed by atoms with Crippen LogP contribution in [0.2, 0.25) is 0 Å². The van der Waals surface area contributed by atoms with Crippen molar-refractivity contribution in [3.05, 3.63) is 243 Å². The van der Waals surface area contributed by atoms with E-state index >= 15 is 0 Å². The highest BCUT2D eigenvalue weighted by molar-refractivity contribution is 5.88. The van der Waals surface area contributed by atoms with Gasteiger partial charge in [0.1, 0.15) is 11.5 Å². The minimum Gasteiger partial charge on any atom is -0.497 e. The van der Waals surface area contributed by atoms with Crippen LogP contribution in [0.1, 0.15) is 194 Å². The molecule has 2 heterocycles. The van der Waals surface area contributed by atoms with E-state index in [0.717, 1.165) is 76.9 Å². The average molecular weight is 1240 g/mol. The van der Waals surface area contributed by atoms with Crippen LogP contribution in [0.3, 0.4) is 0 Å². The molecular formula is C84H106O8. The Labute approximate surface area is 553 Å². The second-order valence-electron chi connectivity index (χ2n) is 29.2. The van der Waals surface area contributed by atoms with Gasteiger partial charge >= 0.3 is 5.97 Å². The maximum absolute atomic E-state index is 11.2. The largest absolute Gasteiger partial charge is 0.497 e. The zero-order valence-corrected chi connectivity index (χ0v) is 60.4. The molecule has 2 aliphatic rings. The van der Waals surface area contributed by atoms with Crippen molar-refractivity contribution in [2.24, 2.45) is 0 Å². The van der Waals surface area contributed by atoms with Gasteiger partial charge in [-0.3, -0.25) is 0 Å². The molecule has 0 amide bonds. The van der Waals surface area contributed by atoms with Crippen LogP contribution in [0.5, 0.6) is 34.5 Å². The molecule has 0 bridgehead atoms. The SMILES string of the molecule is COc1cc(OC)cc(C(C)(C)Cc2c(C)cc(C)cc2C)c1.Cc1cc(C(C)(C)Cc2c(C)cc(C(=O)O)cc2C)cc(C)c1C.Cc1cc(C)c(CC(C)(C)c2cc(C)c3c(c2)OCO3)c(C)c1.Cc1cc(C)c(CC(C)(C)c2cccc3c2OCO3)c(C)c1. The number of aromatic carboxylic acids is 1. The van der Waals surface area contributed by atoms with Crippen LogP contribution in [-0.2, 0) is 47.3 Å². The second-order valence-corrected chi connectivity index (χ2v) is 29.2. The van der Waals surface area contributed by atoms with Gasteiger partial charge in [-0.05, 0) is 293 Å². The molecule has 8 aromatic carbocycles. The first-order valence-corrected chi connectivity index (χ1v) is 32.6. The molecule has 92 heavy (non-hydrogen) atoms. The minimum absolute atomic E-state index is 0.00734. The smallest absolute Gasteiger partial charge is 0.335 e. The maximum Gasteiger partial charge on any atom is 0.335 e. The van der Waals surface area contributed by atoms with Crippen LogP contribution in [0.4, 0.5) is 0 Å². The van der Waals surface area contributed by atoms with Crippen molar-refractivity contribution in [3.63, 3.8) is 0 Å². The van der Waals surface area contributed by atoms with Gasteiger partial charge in [-0.1, -0.05) is 139 Å². The summed E-state index contributed by atoms with van der Waals surface area (Å²) in [5, 5.41) is 9.22. The van der Waals surface area contributed by atoms with Gasteiger partial charge in [0.25, 0.3) is 0 Å². The van der Waals surface area contributed by atoms with Gasteiger partial charge in [0, 0.05) is 11.6 Å². The molecule has 0 aliphatic carbocycles. The number of carboxylic acids is 1. The molecule has 8 nitrogen and oxygen atoms in total. The highest BCUT2D eigenvalue weighted by atomic mass is 16.7. The monoisotopic (exact) mass is 1240 g/mol. The van der Waals surface area contributed by atoms with Gasteiger partial charge < -0.3 is 33.5 Å². The first-order chi connectivity index (χ1) is 42.9. The summed E-state index contributed by atoms with van der Waals surface area (Å²) in [6.07, 6.45) is 3.89. The molecule has 0 unspecified atom stereocenters. The quantitative estimate of drug-likeness (QED) is 0.109. The Kier molecular flexibility index (Phi) is 22.5. The summed E-state index contributed by atoms with van der Waals surface area (Å²) >= 11 is 0. The first-order valence-electron chi connectivity index (χ1n) is 32.6. The molecule has 1 N–H and O–H groups in total. The zero-order chi connectivity index (χ0) is 68.1. The number of para-hydroxylation sites is 1. The van der Waals surface area contributed by atoms with Crippen LogP contribution in [0.15, 0.2) is 109 Å². The van der Waals surface area contributed by atoms with Gasteiger partial charge in [-0.15, -0.1) is 0 Å². The van der Waals surface area contributed by atoms with Crippen molar-refractivity contribution in [2.45, 2.75) is 207 Å². The number of methoxy groups -OCH3 is 2. The van der Waals surface area contributed by atoms with E-state index in [1.165, 1.54) is 111 Å². The zero-order valence-electron chi connectivity index (χ0n) is 60.4. The van der Waals surface area contributed by atoms with Crippen molar-refractivity contribution in [1.29, 1.82) is 0 Å². The van der Waals surface area contributed by atoms with E-state index in [2.05, 4.69) is 230 Å². The fourth-order valence-electron chi connectivity index (χ4n) is 13.7. The Bertz CT molecular complexity index is 3860. The summed E-state index contributed by atoms with van der Waals surface area (Å²) in [5.41, 5.74) is 30.5. The van der Waals surface area contributed by atoms with Crippen LogP contribution in [0.25, 0.3) is 0 Å². The number of fused-ring (bicyclic) bond motifs is 2. The third-order valence-corrected chi connectivity index (χ3v) is 19.3. The summed E-state index contributed by atoms with van der Waals surface area (Å²) in [6.45, 7) is 51.3. The standard InChI is InChI=1S/C22H28O2.C21H26O2.C21H28O2.C20H24O2/c1-13-10-19(11-14(2)17(13)5)22(6,7)12-20-15(3)8-18(21(23)24)9-16(20)4;1-13-7-14(2)18(15(3)8-13)11-21(5,6)17-9-16(4)20-19(10-17)22-12-23-20;1-14-8-15(2)20(16(3)9-14)13-21(4,5)17-10-18(22-6)12-19(11-17)23-7;1-13-9-14(2)16(15(3)10-13)11-20(4,5)17-7-6-8-18-19(17)22-12-21-18/h8-11H,12H2,1-7H3,(H,23,24);7-10H,11-12H2,1-6H3;8-12H,13H2,1-7H3;6-10H,11-12H2,1-5H3. The number of aryl methyl sites for hydroxylation is 14. The highest BCUT2D eigenvalue weighted by Crippen LogP contribution is 2.45. The topological polar surface area (TPSA) is 92.7 Å². The number of rotatable bonds is 15. The van der Waals surface area contributed by atoms with E-state index in [9.17, 15) is 9.90 Å². The van der Waals surface area contributed by atoms with Crippen LogP contribution < -0.4 is 28.4 Å². The lowest BCUT2D eigenvalue weighted by molar-refractivity contribution is 0.0696. The van der Waals surface area contributed by atoms with E-state index in [1.54, 1.807) is 26.4 Å².